The average molecular weight is 902 g/mol. The first-order valence-electron chi connectivity index (χ1n) is 21.5. The molecule has 3 aliphatic heterocycles. The number of imide groups is 1. The van der Waals surface area contributed by atoms with E-state index < -0.39 is 17.8 Å². The van der Waals surface area contributed by atoms with Gasteiger partial charge in [-0.2, -0.15) is 0 Å². The van der Waals surface area contributed by atoms with Gasteiger partial charge in [0, 0.05) is 70.5 Å². The number of H-pyrrole nitrogens is 2. The number of amides is 3. The molecule has 0 radical (unpaired) electrons. The van der Waals surface area contributed by atoms with Gasteiger partial charge in [0.2, 0.25) is 0 Å². The zero-order valence-electron chi connectivity index (χ0n) is 36.5. The van der Waals surface area contributed by atoms with Crippen LogP contribution in [0, 0.1) is 11.8 Å². The minimum Gasteiger partial charge on any atom is -0.472 e. The number of hydrogen-bond donors (Lipinski definition) is 4. The van der Waals surface area contributed by atoms with Gasteiger partial charge in [-0.15, -0.1) is 25.5 Å². The van der Waals surface area contributed by atoms with Crippen LogP contribution in [0.15, 0.2) is 116 Å². The van der Waals surface area contributed by atoms with Crippen LogP contribution in [0.5, 0.6) is 0 Å². The van der Waals surface area contributed by atoms with Crippen LogP contribution >= 0.6 is 0 Å². The topological polar surface area (TPSA) is 269 Å². The van der Waals surface area contributed by atoms with Gasteiger partial charge in [0.1, 0.15) is 41.1 Å². The summed E-state index contributed by atoms with van der Waals surface area (Å²) >= 11 is 0. The molecular formula is C46H51N11O9. The molecule has 4 aromatic heterocycles. The Morgan fingerprint density at radius 1 is 0.682 bits per heavy atom. The molecule has 3 fully saturated rings. The molecule has 0 bridgehead atoms. The normalized spacial score (nSPS) is 19.5. The summed E-state index contributed by atoms with van der Waals surface area (Å²) in [6, 6.07) is 23.7. The maximum absolute atomic E-state index is 12.4. The Morgan fingerprint density at radius 2 is 1.17 bits per heavy atom. The molecule has 3 saturated heterocycles. The molecule has 20 heteroatoms. The average Bonchev–Trinajstić information content (AvgIpc) is 4.19. The summed E-state index contributed by atoms with van der Waals surface area (Å²) in [5.41, 5.74) is 8.50. The molecule has 20 nitrogen and oxygen atoms in total. The minimum atomic E-state index is -0.785. The Hall–Kier alpha value is -7.42. The molecule has 344 valence electrons. The quantitative estimate of drug-likeness (QED) is 0.128. The SMILES string of the molecule is CC1CN(Cc2ccccc2)CC1c1nnc(CN)c(=O)[nH]1.CC1CN(Cc2ccccc2)CC1c1nnc(CNC(=O)c2ccoc2)c(=O)[nH]1.O=C(ON1C(=O)CCC1=O)c1ccoc1. The third-order valence-corrected chi connectivity index (χ3v) is 11.5. The standard InChI is InChI=1S/C21H23N5O3.C16H21N5O.C9H7NO5/c1-14-10-26(11-15-5-3-2-4-6-15)12-17(14)19-23-21(28)18(24-25-19)9-22-20(27)16-7-8-29-13-16;1-11-8-21(9-12-5-3-2-4-6-12)10-13(11)15-18-16(22)14(7-17)19-20-15;11-7-1-2-8(12)10(7)15-9(13)6-3-4-14-5-6/h2-8,13-14,17H,9-12H2,1H3,(H,22,27)(H,23,25,28);2-6,11,13H,7-10,17H2,1H3,(H,18,20,22);3-5H,1-2H2. The lowest BCUT2D eigenvalue weighted by Gasteiger charge is -2.15. The highest BCUT2D eigenvalue weighted by molar-refractivity contribution is 6.02. The fourth-order valence-electron chi connectivity index (χ4n) is 7.95. The molecule has 0 saturated carbocycles. The summed E-state index contributed by atoms with van der Waals surface area (Å²) < 4.78 is 9.54. The number of benzene rings is 2. The Balaban J connectivity index is 0.000000155. The first kappa shape index (κ1) is 46.6. The van der Waals surface area contributed by atoms with Gasteiger partial charge in [-0.05, 0) is 35.1 Å². The van der Waals surface area contributed by atoms with Crippen molar-refractivity contribution in [1.29, 1.82) is 0 Å². The zero-order valence-corrected chi connectivity index (χ0v) is 36.5. The lowest BCUT2D eigenvalue weighted by Crippen LogP contribution is -2.31. The second kappa shape index (κ2) is 22.0. The van der Waals surface area contributed by atoms with Crippen LogP contribution in [0.3, 0.4) is 0 Å². The summed E-state index contributed by atoms with van der Waals surface area (Å²) in [4.78, 5) is 84.8. The molecule has 4 atom stereocenters. The van der Waals surface area contributed by atoms with Gasteiger partial charge in [-0.1, -0.05) is 74.5 Å². The Bertz CT molecular complexity index is 2660. The number of hydroxylamine groups is 2. The van der Waals surface area contributed by atoms with E-state index in [-0.39, 0.29) is 71.7 Å². The number of carbonyl (C=O) groups is 4. The summed E-state index contributed by atoms with van der Waals surface area (Å²) in [5.74, 6) is 0.260. The second-order valence-electron chi connectivity index (χ2n) is 16.4. The van der Waals surface area contributed by atoms with E-state index in [2.05, 4.69) is 105 Å². The summed E-state index contributed by atoms with van der Waals surface area (Å²) in [5, 5.41) is 19.6. The van der Waals surface area contributed by atoms with E-state index in [1.54, 1.807) is 6.07 Å². The van der Waals surface area contributed by atoms with Gasteiger partial charge in [-0.3, -0.25) is 33.8 Å². The van der Waals surface area contributed by atoms with Crippen LogP contribution in [-0.2, 0) is 40.6 Å². The van der Waals surface area contributed by atoms with Crippen molar-refractivity contribution >= 4 is 23.7 Å². The van der Waals surface area contributed by atoms with Crippen molar-refractivity contribution in [1.82, 2.24) is 50.5 Å². The van der Waals surface area contributed by atoms with Crippen molar-refractivity contribution in [2.75, 3.05) is 26.2 Å². The molecule has 6 aromatic rings. The highest BCUT2D eigenvalue weighted by Gasteiger charge is 2.35. The van der Waals surface area contributed by atoms with Crippen molar-refractivity contribution < 1.29 is 32.9 Å². The van der Waals surface area contributed by atoms with Crippen LogP contribution < -0.4 is 22.2 Å². The van der Waals surface area contributed by atoms with E-state index in [0.29, 0.717) is 34.1 Å². The third-order valence-electron chi connectivity index (χ3n) is 11.5. The molecule has 9 rings (SSSR count). The van der Waals surface area contributed by atoms with Gasteiger partial charge >= 0.3 is 5.97 Å². The fraction of sp³-hybridized carbons (Fsp3) is 0.348. The number of aromatic amines is 2. The van der Waals surface area contributed by atoms with Crippen LogP contribution in [0.4, 0.5) is 0 Å². The number of carbonyl (C=O) groups excluding carboxylic acids is 4. The Kier molecular flexibility index (Phi) is 15.5. The molecule has 3 amide bonds. The zero-order chi connectivity index (χ0) is 46.6. The van der Waals surface area contributed by atoms with E-state index in [1.165, 1.54) is 42.2 Å². The number of rotatable bonds is 12. The van der Waals surface area contributed by atoms with E-state index in [9.17, 15) is 28.8 Å². The van der Waals surface area contributed by atoms with Gasteiger partial charge in [0.05, 0.1) is 24.6 Å². The highest BCUT2D eigenvalue weighted by atomic mass is 16.7. The molecule has 2 aromatic carbocycles. The van der Waals surface area contributed by atoms with E-state index in [4.69, 9.17) is 10.2 Å². The van der Waals surface area contributed by atoms with Crippen LogP contribution in [0.25, 0.3) is 0 Å². The molecular weight excluding hydrogens is 851 g/mol. The molecule has 4 unspecified atom stereocenters. The molecule has 3 aliphatic rings. The lowest BCUT2D eigenvalue weighted by atomic mass is 9.97. The number of nitrogens with one attached hydrogen (secondary N) is 3. The monoisotopic (exact) mass is 901 g/mol. The van der Waals surface area contributed by atoms with E-state index in [0.717, 1.165) is 39.3 Å². The highest BCUT2D eigenvalue weighted by Crippen LogP contribution is 2.32. The lowest BCUT2D eigenvalue weighted by molar-refractivity contribution is -0.172. The largest absolute Gasteiger partial charge is 0.472 e. The van der Waals surface area contributed by atoms with Gasteiger partial charge < -0.3 is 34.7 Å². The number of nitrogens with two attached hydrogens (primary N) is 1. The summed E-state index contributed by atoms with van der Waals surface area (Å²) in [6.07, 6.45) is 5.39. The van der Waals surface area contributed by atoms with Gasteiger partial charge in [-0.25, -0.2) is 4.79 Å². The molecule has 0 spiro atoms. The number of aromatic nitrogens is 6. The van der Waals surface area contributed by atoms with Crippen LogP contribution in [0.2, 0.25) is 0 Å². The molecule has 0 aliphatic carbocycles. The van der Waals surface area contributed by atoms with Crippen molar-refractivity contribution in [2.45, 2.75) is 64.7 Å². The van der Waals surface area contributed by atoms with E-state index >= 15 is 0 Å². The van der Waals surface area contributed by atoms with Crippen LogP contribution in [0.1, 0.15) is 93.4 Å². The maximum atomic E-state index is 12.4. The minimum absolute atomic E-state index is 0.00692. The first-order valence-corrected chi connectivity index (χ1v) is 21.5. The second-order valence-corrected chi connectivity index (χ2v) is 16.4. The van der Waals surface area contributed by atoms with Crippen molar-refractivity contribution in [3.05, 3.63) is 164 Å². The first-order chi connectivity index (χ1) is 31.9. The van der Waals surface area contributed by atoms with Crippen LogP contribution in [-0.4, -0.2) is 95.1 Å². The Morgan fingerprint density at radius 3 is 1.62 bits per heavy atom. The maximum Gasteiger partial charge on any atom is 0.367 e. The predicted octanol–water partition coefficient (Wildman–Crippen LogP) is 3.28. The number of likely N-dealkylation sites (tertiary alicyclic amines) is 2. The third kappa shape index (κ3) is 12.0. The number of furan rings is 2. The smallest absolute Gasteiger partial charge is 0.367 e. The molecule has 5 N–H and O–H groups in total. The fourth-order valence-corrected chi connectivity index (χ4v) is 7.95. The van der Waals surface area contributed by atoms with Crippen molar-refractivity contribution in [3.63, 3.8) is 0 Å². The number of nitrogens with zero attached hydrogens (tertiary/aromatic N) is 7. The summed E-state index contributed by atoms with van der Waals surface area (Å²) in [6.45, 7) is 9.88. The van der Waals surface area contributed by atoms with Crippen molar-refractivity contribution in [3.8, 4) is 0 Å². The van der Waals surface area contributed by atoms with Gasteiger partial charge in [0.25, 0.3) is 28.8 Å². The van der Waals surface area contributed by atoms with Crippen molar-refractivity contribution in [2.24, 2.45) is 17.6 Å². The Labute approximate surface area is 378 Å². The van der Waals surface area contributed by atoms with E-state index in [1.807, 2.05) is 24.3 Å². The molecule has 7 heterocycles. The molecule has 66 heavy (non-hydrogen) atoms. The van der Waals surface area contributed by atoms with Gasteiger partial charge in [0.15, 0.2) is 0 Å². The number of hydrogen-bond acceptors (Lipinski definition) is 16. The predicted molar refractivity (Wildman–Crippen MR) is 236 cm³/mol. The summed E-state index contributed by atoms with van der Waals surface area (Å²) in [7, 11) is 0.